The summed E-state index contributed by atoms with van der Waals surface area (Å²) in [5.74, 6) is 1.61. The lowest BCUT2D eigenvalue weighted by atomic mass is 10.2. The second kappa shape index (κ2) is 5.13. The number of benzene rings is 2. The molecule has 0 bridgehead atoms. The van der Waals surface area contributed by atoms with E-state index in [0.717, 1.165) is 28.1 Å². The first-order chi connectivity index (χ1) is 9.28. The molecule has 0 unspecified atom stereocenters. The van der Waals surface area contributed by atoms with Gasteiger partial charge in [0.25, 0.3) is 0 Å². The number of para-hydroxylation sites is 1. The summed E-state index contributed by atoms with van der Waals surface area (Å²) in [5.41, 5.74) is 1.98. The van der Waals surface area contributed by atoms with Crippen LogP contribution in [0.5, 0.6) is 0 Å². The summed E-state index contributed by atoms with van der Waals surface area (Å²) < 4.78 is 1.20. The zero-order chi connectivity index (χ0) is 13.2. The minimum absolute atomic E-state index is 0.749. The van der Waals surface area contributed by atoms with Crippen LogP contribution in [0, 0.1) is 3.57 Å². The molecule has 3 aromatic rings. The first kappa shape index (κ1) is 12.3. The number of fused-ring (bicyclic) bond motifs is 1. The van der Waals surface area contributed by atoms with E-state index in [1.54, 1.807) is 0 Å². The summed E-state index contributed by atoms with van der Waals surface area (Å²) in [7, 11) is 1.88. The van der Waals surface area contributed by atoms with Gasteiger partial charge in [0, 0.05) is 21.6 Å². The standard InChI is InChI=1S/C15H12IN3/c1-17-15-12-4-2-3-5-13(12)18-14(19-15)10-6-8-11(16)9-7-10/h2-9H,1H3,(H,17,18,19). The van der Waals surface area contributed by atoms with Gasteiger partial charge < -0.3 is 5.32 Å². The third-order valence-electron chi connectivity index (χ3n) is 2.94. The molecule has 0 aliphatic rings. The molecule has 3 rings (SSSR count). The Morgan fingerprint density at radius 3 is 2.42 bits per heavy atom. The van der Waals surface area contributed by atoms with Crippen molar-refractivity contribution in [2.24, 2.45) is 0 Å². The van der Waals surface area contributed by atoms with Crippen LogP contribution >= 0.6 is 22.6 Å². The van der Waals surface area contributed by atoms with Gasteiger partial charge in [0.2, 0.25) is 0 Å². The minimum Gasteiger partial charge on any atom is -0.373 e. The average Bonchev–Trinajstić information content (AvgIpc) is 2.47. The topological polar surface area (TPSA) is 37.8 Å². The number of anilines is 1. The molecule has 1 heterocycles. The van der Waals surface area contributed by atoms with E-state index in [1.165, 1.54) is 3.57 Å². The Morgan fingerprint density at radius 1 is 0.947 bits per heavy atom. The van der Waals surface area contributed by atoms with Crippen molar-refractivity contribution in [3.63, 3.8) is 0 Å². The molecule has 0 saturated heterocycles. The molecule has 0 spiro atoms. The van der Waals surface area contributed by atoms with Gasteiger partial charge in [-0.1, -0.05) is 24.3 Å². The van der Waals surface area contributed by atoms with Crippen molar-refractivity contribution in [3.05, 3.63) is 52.1 Å². The van der Waals surface area contributed by atoms with Crippen LogP contribution in [0.4, 0.5) is 5.82 Å². The first-order valence-electron chi connectivity index (χ1n) is 5.98. The lowest BCUT2D eigenvalue weighted by molar-refractivity contribution is 1.21. The van der Waals surface area contributed by atoms with E-state index in [-0.39, 0.29) is 0 Å². The molecule has 0 fully saturated rings. The number of rotatable bonds is 2. The fourth-order valence-corrected chi connectivity index (χ4v) is 2.35. The van der Waals surface area contributed by atoms with E-state index in [2.05, 4.69) is 50.0 Å². The summed E-state index contributed by atoms with van der Waals surface area (Å²) in [6, 6.07) is 16.2. The summed E-state index contributed by atoms with van der Waals surface area (Å²) in [4.78, 5) is 9.22. The number of aromatic nitrogens is 2. The molecule has 4 heteroatoms. The summed E-state index contributed by atoms with van der Waals surface area (Å²) in [6.45, 7) is 0. The van der Waals surface area contributed by atoms with Crippen LogP contribution in [0.1, 0.15) is 0 Å². The van der Waals surface area contributed by atoms with Gasteiger partial charge in [-0.05, 0) is 46.9 Å². The van der Waals surface area contributed by atoms with E-state index >= 15 is 0 Å². The maximum absolute atomic E-state index is 4.63. The molecule has 1 aromatic heterocycles. The molecule has 0 aliphatic heterocycles. The maximum Gasteiger partial charge on any atom is 0.162 e. The zero-order valence-corrected chi connectivity index (χ0v) is 12.5. The Hall–Kier alpha value is -1.69. The van der Waals surface area contributed by atoms with E-state index in [9.17, 15) is 0 Å². The number of hydrogen-bond acceptors (Lipinski definition) is 3. The molecule has 0 aliphatic carbocycles. The molecule has 94 valence electrons. The van der Waals surface area contributed by atoms with Gasteiger partial charge in [0.05, 0.1) is 5.52 Å². The summed E-state index contributed by atoms with van der Waals surface area (Å²) in [6.07, 6.45) is 0. The number of hydrogen-bond donors (Lipinski definition) is 1. The number of nitrogens with one attached hydrogen (secondary N) is 1. The Balaban J connectivity index is 2.22. The molecule has 0 amide bonds. The largest absolute Gasteiger partial charge is 0.373 e. The maximum atomic E-state index is 4.63. The average molecular weight is 361 g/mol. The van der Waals surface area contributed by atoms with Crippen LogP contribution in [-0.4, -0.2) is 17.0 Å². The molecule has 2 aromatic carbocycles. The lowest BCUT2D eigenvalue weighted by Crippen LogP contribution is -1.98. The van der Waals surface area contributed by atoms with Crippen LogP contribution in [-0.2, 0) is 0 Å². The van der Waals surface area contributed by atoms with Crippen LogP contribution in [0.25, 0.3) is 22.3 Å². The zero-order valence-electron chi connectivity index (χ0n) is 10.4. The van der Waals surface area contributed by atoms with Crippen molar-refractivity contribution in [3.8, 4) is 11.4 Å². The van der Waals surface area contributed by atoms with Crippen molar-refractivity contribution < 1.29 is 0 Å². The Morgan fingerprint density at radius 2 is 1.68 bits per heavy atom. The number of nitrogens with zero attached hydrogens (tertiary/aromatic N) is 2. The summed E-state index contributed by atoms with van der Waals surface area (Å²) >= 11 is 2.29. The van der Waals surface area contributed by atoms with Gasteiger partial charge in [-0.2, -0.15) is 0 Å². The summed E-state index contributed by atoms with van der Waals surface area (Å²) in [5, 5.41) is 4.18. The highest BCUT2D eigenvalue weighted by Crippen LogP contribution is 2.24. The molecule has 19 heavy (non-hydrogen) atoms. The fourth-order valence-electron chi connectivity index (χ4n) is 2.00. The first-order valence-corrected chi connectivity index (χ1v) is 7.06. The van der Waals surface area contributed by atoms with Gasteiger partial charge in [0.1, 0.15) is 5.82 Å². The highest BCUT2D eigenvalue weighted by atomic mass is 127. The van der Waals surface area contributed by atoms with Gasteiger partial charge in [-0.15, -0.1) is 0 Å². The molecule has 1 N–H and O–H groups in total. The molecule has 3 nitrogen and oxygen atoms in total. The second-order valence-electron chi connectivity index (χ2n) is 4.17. The second-order valence-corrected chi connectivity index (χ2v) is 5.42. The van der Waals surface area contributed by atoms with Crippen LogP contribution in [0.3, 0.4) is 0 Å². The van der Waals surface area contributed by atoms with Crippen LogP contribution in [0.2, 0.25) is 0 Å². The SMILES string of the molecule is CNc1nc(-c2ccc(I)cc2)nc2ccccc12. The van der Waals surface area contributed by atoms with Crippen molar-refractivity contribution in [2.45, 2.75) is 0 Å². The van der Waals surface area contributed by atoms with E-state index in [4.69, 9.17) is 0 Å². The van der Waals surface area contributed by atoms with Crippen molar-refractivity contribution >= 4 is 39.3 Å². The molecular weight excluding hydrogens is 349 g/mol. The molecular formula is C15H12IN3. The van der Waals surface area contributed by atoms with Crippen molar-refractivity contribution in [2.75, 3.05) is 12.4 Å². The Kier molecular flexibility index (Phi) is 3.33. The van der Waals surface area contributed by atoms with Gasteiger partial charge in [0.15, 0.2) is 5.82 Å². The van der Waals surface area contributed by atoms with Gasteiger partial charge in [-0.3, -0.25) is 0 Å². The van der Waals surface area contributed by atoms with Gasteiger partial charge in [-0.25, -0.2) is 9.97 Å². The molecule has 0 saturated carbocycles. The Labute approximate surface area is 125 Å². The molecule has 0 atom stereocenters. The third-order valence-corrected chi connectivity index (χ3v) is 3.66. The Bertz CT molecular complexity index is 723. The van der Waals surface area contributed by atoms with E-state index < -0.39 is 0 Å². The normalized spacial score (nSPS) is 10.6. The predicted octanol–water partition coefficient (Wildman–Crippen LogP) is 3.94. The molecule has 0 radical (unpaired) electrons. The van der Waals surface area contributed by atoms with E-state index in [1.807, 2.05) is 43.4 Å². The highest BCUT2D eigenvalue weighted by Gasteiger charge is 2.07. The lowest BCUT2D eigenvalue weighted by Gasteiger charge is -2.08. The van der Waals surface area contributed by atoms with Crippen LogP contribution in [0.15, 0.2) is 48.5 Å². The fraction of sp³-hybridized carbons (Fsp3) is 0.0667. The highest BCUT2D eigenvalue weighted by molar-refractivity contribution is 14.1. The van der Waals surface area contributed by atoms with E-state index in [0.29, 0.717) is 0 Å². The van der Waals surface area contributed by atoms with Gasteiger partial charge >= 0.3 is 0 Å². The monoisotopic (exact) mass is 361 g/mol. The number of halogens is 1. The van der Waals surface area contributed by atoms with Crippen molar-refractivity contribution in [1.29, 1.82) is 0 Å². The van der Waals surface area contributed by atoms with Crippen molar-refractivity contribution in [1.82, 2.24) is 9.97 Å². The minimum atomic E-state index is 0.749. The smallest absolute Gasteiger partial charge is 0.162 e. The van der Waals surface area contributed by atoms with Crippen LogP contribution < -0.4 is 5.32 Å². The third kappa shape index (κ3) is 2.40. The quantitative estimate of drug-likeness (QED) is 0.703. The predicted molar refractivity (Wildman–Crippen MR) is 87.2 cm³/mol.